The van der Waals surface area contributed by atoms with Gasteiger partial charge in [-0.3, -0.25) is 15.1 Å². The van der Waals surface area contributed by atoms with Crippen LogP contribution in [-0.2, 0) is 16.6 Å². The Bertz CT molecular complexity index is 759. The third-order valence-electron chi connectivity index (χ3n) is 4.05. The van der Waals surface area contributed by atoms with Crippen LogP contribution in [0, 0.1) is 5.92 Å². The second-order valence-corrected chi connectivity index (χ2v) is 7.97. The largest absolute Gasteiger partial charge is 0.281 e. The molecule has 124 valence electrons. The molecule has 0 aromatic carbocycles. The van der Waals surface area contributed by atoms with Crippen molar-refractivity contribution in [3.8, 4) is 11.4 Å². The third kappa shape index (κ3) is 3.26. The van der Waals surface area contributed by atoms with Gasteiger partial charge in [0.25, 0.3) is 10.2 Å². The number of nitrogens with zero attached hydrogens (tertiary/aromatic N) is 5. The van der Waals surface area contributed by atoms with E-state index in [4.69, 9.17) is 0 Å². The Morgan fingerprint density at radius 1 is 1.30 bits per heavy atom. The summed E-state index contributed by atoms with van der Waals surface area (Å²) in [5.41, 5.74) is 2.47. The summed E-state index contributed by atoms with van der Waals surface area (Å²) in [6, 6.07) is 1.85. The van der Waals surface area contributed by atoms with E-state index in [-0.39, 0.29) is 5.92 Å². The van der Waals surface area contributed by atoms with Crippen LogP contribution in [0.5, 0.6) is 0 Å². The summed E-state index contributed by atoms with van der Waals surface area (Å²) >= 11 is 0. The van der Waals surface area contributed by atoms with E-state index in [9.17, 15) is 8.42 Å². The highest BCUT2D eigenvalue weighted by molar-refractivity contribution is 7.86. The van der Waals surface area contributed by atoms with E-state index < -0.39 is 10.2 Å². The lowest BCUT2D eigenvalue weighted by Crippen LogP contribution is -2.38. The summed E-state index contributed by atoms with van der Waals surface area (Å²) < 4.78 is 27.2. The van der Waals surface area contributed by atoms with Gasteiger partial charge in [0.2, 0.25) is 0 Å². The predicted octanol–water partition coefficient (Wildman–Crippen LogP) is 0.537. The molecular weight excluding hydrogens is 316 g/mol. The third-order valence-corrected chi connectivity index (χ3v) is 5.96. The minimum absolute atomic E-state index is 0.239. The van der Waals surface area contributed by atoms with Gasteiger partial charge in [0.15, 0.2) is 0 Å². The molecule has 1 aliphatic heterocycles. The molecular formula is C14H20N6O2S. The van der Waals surface area contributed by atoms with Crippen molar-refractivity contribution < 1.29 is 8.42 Å². The van der Waals surface area contributed by atoms with E-state index in [1.807, 2.05) is 6.07 Å². The molecule has 8 nitrogen and oxygen atoms in total. The monoisotopic (exact) mass is 336 g/mol. The van der Waals surface area contributed by atoms with E-state index >= 15 is 0 Å². The van der Waals surface area contributed by atoms with Crippen LogP contribution in [0.3, 0.4) is 0 Å². The van der Waals surface area contributed by atoms with E-state index in [1.54, 1.807) is 32.7 Å². The number of aromatic amines is 1. The van der Waals surface area contributed by atoms with E-state index in [0.717, 1.165) is 23.5 Å². The zero-order chi connectivity index (χ0) is 16.4. The van der Waals surface area contributed by atoms with Crippen molar-refractivity contribution >= 4 is 10.2 Å². The average Bonchev–Trinajstić information content (AvgIpc) is 3.19. The molecule has 23 heavy (non-hydrogen) atoms. The van der Waals surface area contributed by atoms with E-state index in [0.29, 0.717) is 19.5 Å². The van der Waals surface area contributed by atoms with Gasteiger partial charge in [0, 0.05) is 45.8 Å². The van der Waals surface area contributed by atoms with Gasteiger partial charge in [-0.15, -0.1) is 0 Å². The predicted molar refractivity (Wildman–Crippen MR) is 85.6 cm³/mol. The summed E-state index contributed by atoms with van der Waals surface area (Å²) in [6.07, 6.45) is 6.51. The maximum Gasteiger partial charge on any atom is 0.281 e. The molecule has 0 amide bonds. The normalized spacial score (nSPS) is 19.5. The summed E-state index contributed by atoms with van der Waals surface area (Å²) in [5.74, 6) is 0.239. The minimum Gasteiger partial charge on any atom is -0.276 e. The Balaban J connectivity index is 1.75. The van der Waals surface area contributed by atoms with Crippen molar-refractivity contribution in [1.29, 1.82) is 0 Å². The van der Waals surface area contributed by atoms with Gasteiger partial charge >= 0.3 is 0 Å². The van der Waals surface area contributed by atoms with Crippen molar-refractivity contribution in [3.05, 3.63) is 30.4 Å². The lowest BCUT2D eigenvalue weighted by Gasteiger charge is -2.20. The van der Waals surface area contributed by atoms with Gasteiger partial charge in [0.05, 0.1) is 11.4 Å². The summed E-state index contributed by atoms with van der Waals surface area (Å²) in [5, 5.41) is 6.85. The van der Waals surface area contributed by atoms with Gasteiger partial charge in [0.1, 0.15) is 5.69 Å². The first kappa shape index (κ1) is 16.0. The van der Waals surface area contributed by atoms with Crippen LogP contribution < -0.4 is 0 Å². The SMILES string of the molecule is CN(C)S(=O)(=O)N1CC[C@@H](Cc2nccnc2-c2ccn[nH]2)C1. The van der Waals surface area contributed by atoms with Crippen molar-refractivity contribution in [2.45, 2.75) is 12.8 Å². The first-order valence-corrected chi connectivity index (χ1v) is 8.85. The van der Waals surface area contributed by atoms with Crippen LogP contribution in [0.4, 0.5) is 0 Å². The number of nitrogens with one attached hydrogen (secondary N) is 1. The molecule has 0 unspecified atom stereocenters. The number of hydrogen-bond acceptors (Lipinski definition) is 5. The van der Waals surface area contributed by atoms with Crippen LogP contribution in [0.1, 0.15) is 12.1 Å². The summed E-state index contributed by atoms with van der Waals surface area (Å²) in [7, 11) is -0.226. The van der Waals surface area contributed by atoms with Crippen LogP contribution >= 0.6 is 0 Å². The summed E-state index contributed by atoms with van der Waals surface area (Å²) in [6.45, 7) is 1.06. The second kappa shape index (κ2) is 6.34. The average molecular weight is 336 g/mol. The molecule has 1 aliphatic rings. The first-order chi connectivity index (χ1) is 11.0. The number of H-pyrrole nitrogens is 1. The Hall–Kier alpha value is -1.84. The van der Waals surface area contributed by atoms with Crippen molar-refractivity contribution in [2.75, 3.05) is 27.2 Å². The van der Waals surface area contributed by atoms with Crippen LogP contribution in [0.25, 0.3) is 11.4 Å². The quantitative estimate of drug-likeness (QED) is 0.860. The standard InChI is InChI=1S/C14H20N6O2S/c1-19(2)23(21,22)20-8-4-11(10-20)9-13-14(16-7-6-15-13)12-3-5-17-18-12/h3,5-7,11H,4,8-10H2,1-2H3,(H,17,18)/t11-/m0/s1. The Morgan fingerprint density at radius 2 is 2.09 bits per heavy atom. The van der Waals surface area contributed by atoms with Gasteiger partial charge in [-0.05, 0) is 24.8 Å². The first-order valence-electron chi connectivity index (χ1n) is 7.45. The molecule has 0 spiro atoms. The van der Waals surface area contributed by atoms with Crippen LogP contribution in [-0.4, -0.2) is 64.4 Å². The zero-order valence-corrected chi connectivity index (χ0v) is 14.0. The van der Waals surface area contributed by atoms with E-state index in [2.05, 4.69) is 20.2 Å². The molecule has 0 bridgehead atoms. The van der Waals surface area contributed by atoms with Crippen molar-refractivity contribution in [1.82, 2.24) is 28.8 Å². The maximum absolute atomic E-state index is 12.2. The molecule has 3 heterocycles. The fourth-order valence-corrected chi connectivity index (χ4v) is 4.00. The van der Waals surface area contributed by atoms with Crippen LogP contribution in [0.2, 0.25) is 0 Å². The van der Waals surface area contributed by atoms with Gasteiger partial charge < -0.3 is 0 Å². The molecule has 1 saturated heterocycles. The molecule has 2 aromatic heterocycles. The van der Waals surface area contributed by atoms with Crippen molar-refractivity contribution in [3.63, 3.8) is 0 Å². The highest BCUT2D eigenvalue weighted by atomic mass is 32.2. The fourth-order valence-electron chi connectivity index (χ4n) is 2.81. The fraction of sp³-hybridized carbons (Fsp3) is 0.500. The molecule has 0 saturated carbocycles. The Kier molecular flexibility index (Phi) is 4.42. The highest BCUT2D eigenvalue weighted by Gasteiger charge is 2.33. The number of aromatic nitrogens is 4. The molecule has 1 N–H and O–H groups in total. The highest BCUT2D eigenvalue weighted by Crippen LogP contribution is 2.26. The maximum atomic E-state index is 12.2. The molecule has 0 radical (unpaired) electrons. The second-order valence-electron chi connectivity index (χ2n) is 5.83. The molecule has 0 aliphatic carbocycles. The number of hydrogen-bond donors (Lipinski definition) is 1. The van der Waals surface area contributed by atoms with Crippen molar-refractivity contribution in [2.24, 2.45) is 5.92 Å². The molecule has 2 aromatic rings. The van der Waals surface area contributed by atoms with Gasteiger partial charge in [-0.25, -0.2) is 0 Å². The van der Waals surface area contributed by atoms with E-state index in [1.165, 1.54) is 8.61 Å². The Labute approximate surface area is 135 Å². The van der Waals surface area contributed by atoms with Gasteiger partial charge in [-0.2, -0.15) is 22.1 Å². The molecule has 1 fully saturated rings. The summed E-state index contributed by atoms with van der Waals surface area (Å²) in [4.78, 5) is 8.82. The molecule has 3 rings (SSSR count). The number of rotatable bonds is 5. The minimum atomic E-state index is -3.34. The lowest BCUT2D eigenvalue weighted by atomic mass is 10.0. The zero-order valence-electron chi connectivity index (χ0n) is 13.2. The van der Waals surface area contributed by atoms with Gasteiger partial charge in [-0.1, -0.05) is 0 Å². The molecule has 1 atom stereocenters. The lowest BCUT2D eigenvalue weighted by molar-refractivity contribution is 0.409. The topological polar surface area (TPSA) is 95.1 Å². The molecule has 9 heteroatoms. The van der Waals surface area contributed by atoms with Crippen LogP contribution in [0.15, 0.2) is 24.7 Å². The Morgan fingerprint density at radius 3 is 2.78 bits per heavy atom. The smallest absolute Gasteiger partial charge is 0.276 e.